The van der Waals surface area contributed by atoms with Gasteiger partial charge in [-0.3, -0.25) is 4.72 Å². The lowest BCUT2D eigenvalue weighted by molar-refractivity contribution is 0.572. The molecule has 0 aliphatic rings. The van der Waals surface area contributed by atoms with Crippen molar-refractivity contribution in [2.24, 2.45) is 0 Å². The SMILES string of the molecule is O=S(=O)(Nc1cccc(-c2cnco2)c1)c1ccc(Br)s1. The normalized spacial score (nSPS) is 11.5. The summed E-state index contributed by atoms with van der Waals surface area (Å²) < 4.78 is 33.3. The van der Waals surface area contributed by atoms with E-state index in [9.17, 15) is 8.42 Å². The van der Waals surface area contributed by atoms with Crippen LogP contribution in [0.15, 0.2) is 61.4 Å². The van der Waals surface area contributed by atoms with Crippen molar-refractivity contribution in [3.05, 3.63) is 52.8 Å². The first kappa shape index (κ1) is 14.3. The molecular formula is C13H9BrN2O3S2. The third-order valence-corrected chi connectivity index (χ3v) is 6.14. The summed E-state index contributed by atoms with van der Waals surface area (Å²) in [6.45, 7) is 0. The molecule has 108 valence electrons. The number of benzene rings is 1. The van der Waals surface area contributed by atoms with Gasteiger partial charge in [0, 0.05) is 11.3 Å². The van der Waals surface area contributed by atoms with Gasteiger partial charge in [-0.05, 0) is 40.2 Å². The molecule has 0 spiro atoms. The van der Waals surface area contributed by atoms with Gasteiger partial charge in [0.05, 0.1) is 9.98 Å². The lowest BCUT2D eigenvalue weighted by Crippen LogP contribution is -2.11. The molecule has 0 radical (unpaired) electrons. The minimum absolute atomic E-state index is 0.249. The van der Waals surface area contributed by atoms with Crippen LogP contribution in [0.1, 0.15) is 0 Å². The van der Waals surface area contributed by atoms with Gasteiger partial charge in [-0.15, -0.1) is 11.3 Å². The summed E-state index contributed by atoms with van der Waals surface area (Å²) in [5, 5.41) is 0. The number of hydrogen-bond acceptors (Lipinski definition) is 5. The molecule has 21 heavy (non-hydrogen) atoms. The average Bonchev–Trinajstić information content (AvgIpc) is 3.09. The van der Waals surface area contributed by atoms with Crippen LogP contribution in [0.4, 0.5) is 5.69 Å². The molecule has 0 atom stereocenters. The Morgan fingerprint density at radius 3 is 2.76 bits per heavy atom. The largest absolute Gasteiger partial charge is 0.444 e. The Balaban J connectivity index is 1.90. The number of thiophene rings is 1. The van der Waals surface area contributed by atoms with E-state index in [1.165, 1.54) is 6.39 Å². The van der Waals surface area contributed by atoms with Crippen LogP contribution in [-0.4, -0.2) is 13.4 Å². The van der Waals surface area contributed by atoms with Gasteiger partial charge in [0.2, 0.25) is 0 Å². The summed E-state index contributed by atoms with van der Waals surface area (Å²) in [6, 6.07) is 10.2. The van der Waals surface area contributed by atoms with E-state index >= 15 is 0 Å². The van der Waals surface area contributed by atoms with Crippen LogP contribution in [0.2, 0.25) is 0 Å². The summed E-state index contributed by atoms with van der Waals surface area (Å²) in [5.74, 6) is 0.579. The molecule has 0 unspecified atom stereocenters. The van der Waals surface area contributed by atoms with Crippen LogP contribution >= 0.6 is 27.3 Å². The van der Waals surface area contributed by atoms with Crippen LogP contribution in [0, 0.1) is 0 Å². The highest BCUT2D eigenvalue weighted by molar-refractivity contribution is 9.11. The first-order valence-corrected chi connectivity index (χ1v) is 8.91. The zero-order valence-corrected chi connectivity index (χ0v) is 13.7. The van der Waals surface area contributed by atoms with Gasteiger partial charge < -0.3 is 4.42 Å². The molecule has 1 N–H and O–H groups in total. The summed E-state index contributed by atoms with van der Waals surface area (Å²) >= 11 is 4.41. The summed E-state index contributed by atoms with van der Waals surface area (Å²) in [6.07, 6.45) is 2.90. The molecule has 0 amide bonds. The van der Waals surface area contributed by atoms with Crippen LogP contribution in [0.3, 0.4) is 0 Å². The zero-order chi connectivity index (χ0) is 14.9. The number of nitrogens with zero attached hydrogens (tertiary/aromatic N) is 1. The Morgan fingerprint density at radius 1 is 1.24 bits per heavy atom. The maximum Gasteiger partial charge on any atom is 0.271 e. The number of oxazole rings is 1. The second-order valence-electron chi connectivity index (χ2n) is 4.11. The summed E-state index contributed by atoms with van der Waals surface area (Å²) in [5.41, 5.74) is 1.22. The Kier molecular flexibility index (Phi) is 3.83. The molecule has 0 saturated carbocycles. The molecule has 3 rings (SSSR count). The Labute approximate surface area is 133 Å². The fourth-order valence-corrected chi connectivity index (χ4v) is 4.80. The fraction of sp³-hybridized carbons (Fsp3) is 0. The number of halogens is 1. The minimum atomic E-state index is -3.59. The number of anilines is 1. The van der Waals surface area contributed by atoms with E-state index in [-0.39, 0.29) is 4.21 Å². The van der Waals surface area contributed by atoms with Crippen molar-refractivity contribution in [1.82, 2.24) is 4.98 Å². The van der Waals surface area contributed by atoms with Gasteiger partial charge in [-0.2, -0.15) is 0 Å². The van der Waals surface area contributed by atoms with E-state index in [0.717, 1.165) is 20.7 Å². The molecular weight excluding hydrogens is 376 g/mol. The zero-order valence-electron chi connectivity index (χ0n) is 10.5. The molecule has 0 bridgehead atoms. The molecule has 3 aromatic rings. The van der Waals surface area contributed by atoms with Gasteiger partial charge >= 0.3 is 0 Å². The smallest absolute Gasteiger partial charge is 0.271 e. The Bertz CT molecular complexity index is 857. The lowest BCUT2D eigenvalue weighted by Gasteiger charge is -2.07. The van der Waals surface area contributed by atoms with Crippen molar-refractivity contribution >= 4 is 43.0 Å². The van der Waals surface area contributed by atoms with Crippen molar-refractivity contribution in [1.29, 1.82) is 0 Å². The Hall–Kier alpha value is -1.64. The maximum atomic E-state index is 12.3. The third kappa shape index (κ3) is 3.17. The fourth-order valence-electron chi connectivity index (χ4n) is 1.74. The monoisotopic (exact) mass is 384 g/mol. The van der Waals surface area contributed by atoms with Crippen LogP contribution < -0.4 is 4.72 Å². The van der Waals surface area contributed by atoms with Gasteiger partial charge in [-0.25, -0.2) is 13.4 Å². The molecule has 0 aliphatic carbocycles. The minimum Gasteiger partial charge on any atom is -0.444 e. The van der Waals surface area contributed by atoms with Crippen molar-refractivity contribution in [3.63, 3.8) is 0 Å². The number of rotatable bonds is 4. The van der Waals surface area contributed by atoms with Crippen LogP contribution in [0.5, 0.6) is 0 Å². The van der Waals surface area contributed by atoms with E-state index < -0.39 is 10.0 Å². The maximum absolute atomic E-state index is 12.3. The first-order valence-electron chi connectivity index (χ1n) is 5.82. The van der Waals surface area contributed by atoms with E-state index in [1.807, 2.05) is 6.07 Å². The number of nitrogens with one attached hydrogen (secondary N) is 1. The highest BCUT2D eigenvalue weighted by Gasteiger charge is 2.17. The van der Waals surface area contributed by atoms with Crippen molar-refractivity contribution in [2.45, 2.75) is 4.21 Å². The summed E-state index contributed by atoms with van der Waals surface area (Å²) in [4.78, 5) is 3.84. The predicted molar refractivity (Wildman–Crippen MR) is 84.8 cm³/mol. The predicted octanol–water partition coefficient (Wildman–Crippen LogP) is 3.97. The molecule has 5 nitrogen and oxygen atoms in total. The molecule has 0 fully saturated rings. The standard InChI is InChI=1S/C13H9BrN2O3S2/c14-12-4-5-13(20-12)21(17,18)16-10-3-1-2-9(6-10)11-7-15-8-19-11/h1-8,16H. The quantitative estimate of drug-likeness (QED) is 0.738. The van der Waals surface area contributed by atoms with Crippen molar-refractivity contribution in [2.75, 3.05) is 4.72 Å². The Morgan fingerprint density at radius 2 is 2.10 bits per heavy atom. The van der Waals surface area contributed by atoms with Gasteiger partial charge in [-0.1, -0.05) is 12.1 Å². The van der Waals surface area contributed by atoms with Crippen molar-refractivity contribution in [3.8, 4) is 11.3 Å². The van der Waals surface area contributed by atoms with E-state index in [1.54, 1.807) is 36.5 Å². The van der Waals surface area contributed by atoms with E-state index in [0.29, 0.717) is 11.4 Å². The molecule has 0 aliphatic heterocycles. The highest BCUT2D eigenvalue weighted by atomic mass is 79.9. The van der Waals surface area contributed by atoms with Gasteiger partial charge in [0.15, 0.2) is 12.2 Å². The van der Waals surface area contributed by atoms with Crippen LogP contribution in [-0.2, 0) is 10.0 Å². The summed E-state index contributed by atoms with van der Waals surface area (Å²) in [7, 11) is -3.59. The highest BCUT2D eigenvalue weighted by Crippen LogP contribution is 2.28. The topological polar surface area (TPSA) is 72.2 Å². The molecule has 2 heterocycles. The average molecular weight is 385 g/mol. The number of aromatic nitrogens is 1. The lowest BCUT2D eigenvalue weighted by atomic mass is 10.2. The second kappa shape index (κ2) is 5.63. The van der Waals surface area contributed by atoms with Crippen molar-refractivity contribution < 1.29 is 12.8 Å². The molecule has 8 heteroatoms. The second-order valence-corrected chi connectivity index (χ2v) is 8.48. The molecule has 2 aromatic heterocycles. The molecule has 0 saturated heterocycles. The van der Waals surface area contributed by atoms with E-state index in [4.69, 9.17) is 4.42 Å². The van der Waals surface area contributed by atoms with Gasteiger partial charge in [0.25, 0.3) is 10.0 Å². The number of sulfonamides is 1. The van der Waals surface area contributed by atoms with E-state index in [2.05, 4.69) is 25.6 Å². The van der Waals surface area contributed by atoms with Gasteiger partial charge in [0.1, 0.15) is 4.21 Å². The first-order chi connectivity index (χ1) is 10.0. The molecule has 1 aromatic carbocycles. The third-order valence-electron chi connectivity index (χ3n) is 2.65. The van der Waals surface area contributed by atoms with Crippen LogP contribution in [0.25, 0.3) is 11.3 Å². The number of hydrogen-bond donors (Lipinski definition) is 1.